The van der Waals surface area contributed by atoms with Crippen molar-refractivity contribution in [3.8, 4) is 0 Å². The number of unbranched alkanes of at least 4 members (excludes halogenated alkanes) is 9. The Kier molecular flexibility index (Phi) is 11.9. The first-order valence-electron chi connectivity index (χ1n) is 8.90. The monoisotopic (exact) mass is 424 g/mol. The summed E-state index contributed by atoms with van der Waals surface area (Å²) in [7, 11) is 0. The Bertz CT molecular complexity index is 418. The predicted octanol–water partition coefficient (Wildman–Crippen LogP) is 8.09. The van der Waals surface area contributed by atoms with Crippen molar-refractivity contribution in [2.24, 2.45) is 0 Å². The molecule has 0 fully saturated rings. The second-order valence-corrected chi connectivity index (χ2v) is 8.06. The summed E-state index contributed by atoms with van der Waals surface area (Å²) < 4.78 is 37.4. The highest BCUT2D eigenvalue weighted by Crippen LogP contribution is 2.31. The Morgan fingerprint density at radius 2 is 1.17 bits per heavy atom. The van der Waals surface area contributed by atoms with Gasteiger partial charge in [-0.3, -0.25) is 0 Å². The quantitative estimate of drug-likeness (QED) is 0.175. The Balaban J connectivity index is 1.95. The first-order chi connectivity index (χ1) is 11.5. The molecule has 0 nitrogen and oxygen atoms in total. The van der Waals surface area contributed by atoms with Gasteiger partial charge in [-0.2, -0.15) is 13.2 Å². The number of halogens is 4. The fraction of sp³-hybridized carbons (Fsp3) is 0.684. The molecule has 0 heterocycles. The Morgan fingerprint density at radius 3 is 1.62 bits per heavy atom. The van der Waals surface area contributed by atoms with Crippen molar-refractivity contribution >= 4 is 27.7 Å². The molecule has 24 heavy (non-hydrogen) atoms. The molecule has 0 aliphatic rings. The van der Waals surface area contributed by atoms with Crippen LogP contribution in [0.4, 0.5) is 13.2 Å². The second kappa shape index (κ2) is 13.1. The molecule has 0 bridgehead atoms. The number of rotatable bonds is 13. The van der Waals surface area contributed by atoms with Gasteiger partial charge < -0.3 is 0 Å². The van der Waals surface area contributed by atoms with E-state index in [0.29, 0.717) is 0 Å². The first-order valence-corrected chi connectivity index (χ1v) is 11.0. The zero-order valence-corrected chi connectivity index (χ0v) is 16.6. The molecule has 1 aromatic carbocycles. The van der Waals surface area contributed by atoms with Gasteiger partial charge in [0.2, 0.25) is 0 Å². The fourth-order valence-corrected chi connectivity index (χ4v) is 3.85. The number of thioether (sulfide) groups is 1. The lowest BCUT2D eigenvalue weighted by Gasteiger charge is -2.07. The topological polar surface area (TPSA) is 0 Å². The molecule has 0 aromatic heterocycles. The predicted molar refractivity (Wildman–Crippen MR) is 102 cm³/mol. The van der Waals surface area contributed by atoms with Crippen LogP contribution in [0.5, 0.6) is 0 Å². The van der Waals surface area contributed by atoms with E-state index >= 15 is 0 Å². The molecule has 1 aromatic rings. The number of hydrogen-bond donors (Lipinski definition) is 0. The molecule has 138 valence electrons. The Labute approximate surface area is 157 Å². The maximum absolute atomic E-state index is 12.5. The molecule has 5 heteroatoms. The van der Waals surface area contributed by atoms with Gasteiger partial charge in [-0.25, -0.2) is 0 Å². The summed E-state index contributed by atoms with van der Waals surface area (Å²) in [6, 6.07) is 5.48. The molecule has 0 aliphatic heterocycles. The fourth-order valence-electron chi connectivity index (χ4n) is 2.54. The Hall–Kier alpha value is -0.160. The van der Waals surface area contributed by atoms with E-state index in [4.69, 9.17) is 0 Å². The maximum atomic E-state index is 12.5. The van der Waals surface area contributed by atoms with Crippen molar-refractivity contribution < 1.29 is 13.2 Å². The highest BCUT2D eigenvalue weighted by Gasteiger charge is 2.29. The van der Waals surface area contributed by atoms with Crippen LogP contribution in [-0.4, -0.2) is 11.1 Å². The van der Waals surface area contributed by atoms with Crippen LogP contribution in [0.15, 0.2) is 29.2 Å². The van der Waals surface area contributed by atoms with Gasteiger partial charge in [0.05, 0.1) is 5.56 Å². The van der Waals surface area contributed by atoms with Crippen molar-refractivity contribution in [3.05, 3.63) is 29.8 Å². The zero-order valence-electron chi connectivity index (χ0n) is 14.2. The zero-order chi connectivity index (χ0) is 17.7. The van der Waals surface area contributed by atoms with Crippen LogP contribution >= 0.6 is 27.7 Å². The Morgan fingerprint density at radius 1 is 0.708 bits per heavy atom. The molecular formula is C19H28BrF3S. The van der Waals surface area contributed by atoms with Crippen molar-refractivity contribution in [2.45, 2.75) is 75.3 Å². The van der Waals surface area contributed by atoms with E-state index in [1.54, 1.807) is 23.9 Å². The molecule has 1 rings (SSSR count). The molecule has 0 unspecified atom stereocenters. The summed E-state index contributed by atoms with van der Waals surface area (Å²) in [6.07, 6.45) is 8.72. The molecule has 0 atom stereocenters. The number of benzene rings is 1. The van der Waals surface area contributed by atoms with Gasteiger partial charge in [0.25, 0.3) is 0 Å². The summed E-state index contributed by atoms with van der Waals surface area (Å²) in [5, 5.41) is 1.12. The van der Waals surface area contributed by atoms with Gasteiger partial charge in [-0.15, -0.1) is 11.8 Å². The summed E-state index contributed by atoms with van der Waals surface area (Å²) in [4.78, 5) is 0.923. The lowest BCUT2D eigenvalue weighted by atomic mass is 10.1. The molecule has 0 radical (unpaired) electrons. The highest BCUT2D eigenvalue weighted by molar-refractivity contribution is 9.09. The standard InChI is InChI=1S/C19H28BrF3S/c20-15-9-7-5-3-1-2-4-6-8-10-16-24-18-13-11-17(12-14-18)19(21,22)23/h11-14H,1-10,15-16H2. The van der Waals surface area contributed by atoms with Crippen LogP contribution in [0.1, 0.15) is 69.8 Å². The summed E-state index contributed by atoms with van der Waals surface area (Å²) in [6.45, 7) is 0. The molecule has 0 saturated heterocycles. The van der Waals surface area contributed by atoms with Crippen molar-refractivity contribution in [1.29, 1.82) is 0 Å². The lowest BCUT2D eigenvalue weighted by molar-refractivity contribution is -0.137. The van der Waals surface area contributed by atoms with Crippen molar-refractivity contribution in [2.75, 3.05) is 11.1 Å². The van der Waals surface area contributed by atoms with Crippen molar-refractivity contribution in [1.82, 2.24) is 0 Å². The van der Waals surface area contributed by atoms with Crippen LogP contribution in [0.25, 0.3) is 0 Å². The lowest BCUT2D eigenvalue weighted by Crippen LogP contribution is -2.03. The average Bonchev–Trinajstić information content (AvgIpc) is 2.55. The van der Waals surface area contributed by atoms with Gasteiger partial charge in [0.15, 0.2) is 0 Å². The van der Waals surface area contributed by atoms with E-state index in [9.17, 15) is 13.2 Å². The SMILES string of the molecule is FC(F)(F)c1ccc(SCCCCCCCCCCCCBr)cc1. The minimum atomic E-state index is -4.24. The first kappa shape index (κ1) is 21.9. The van der Waals surface area contributed by atoms with Gasteiger partial charge in [-0.05, 0) is 42.9 Å². The van der Waals surface area contributed by atoms with E-state index in [2.05, 4.69) is 15.9 Å². The van der Waals surface area contributed by atoms with Crippen LogP contribution in [0.2, 0.25) is 0 Å². The minimum absolute atomic E-state index is 0.570. The van der Waals surface area contributed by atoms with Crippen LogP contribution in [-0.2, 0) is 6.18 Å². The molecule has 0 spiro atoms. The van der Waals surface area contributed by atoms with Crippen LogP contribution in [0, 0.1) is 0 Å². The number of alkyl halides is 4. The summed E-state index contributed by atoms with van der Waals surface area (Å²) in [5.41, 5.74) is -0.570. The van der Waals surface area contributed by atoms with Gasteiger partial charge >= 0.3 is 6.18 Å². The van der Waals surface area contributed by atoms with E-state index < -0.39 is 11.7 Å². The molecule has 0 amide bonds. The second-order valence-electron chi connectivity index (χ2n) is 6.10. The third kappa shape index (κ3) is 10.7. The van der Waals surface area contributed by atoms with Gasteiger partial charge in [0.1, 0.15) is 0 Å². The minimum Gasteiger partial charge on any atom is -0.166 e. The third-order valence-electron chi connectivity index (χ3n) is 3.98. The largest absolute Gasteiger partial charge is 0.416 e. The molecule has 0 saturated carbocycles. The van der Waals surface area contributed by atoms with E-state index in [-0.39, 0.29) is 0 Å². The highest BCUT2D eigenvalue weighted by atomic mass is 79.9. The summed E-state index contributed by atoms with van der Waals surface area (Å²) in [5.74, 6) is 0.984. The van der Waals surface area contributed by atoms with Crippen LogP contribution < -0.4 is 0 Å². The van der Waals surface area contributed by atoms with E-state index in [1.807, 2.05) is 0 Å². The number of hydrogen-bond acceptors (Lipinski definition) is 1. The normalized spacial score (nSPS) is 11.8. The molecule has 0 N–H and O–H groups in total. The maximum Gasteiger partial charge on any atom is 0.416 e. The van der Waals surface area contributed by atoms with Gasteiger partial charge in [-0.1, -0.05) is 67.3 Å². The van der Waals surface area contributed by atoms with E-state index in [0.717, 1.165) is 22.4 Å². The third-order valence-corrected chi connectivity index (χ3v) is 5.64. The van der Waals surface area contributed by atoms with E-state index in [1.165, 1.54) is 69.9 Å². The molecular weight excluding hydrogens is 397 g/mol. The molecule has 0 aliphatic carbocycles. The average molecular weight is 425 g/mol. The summed E-state index contributed by atoms with van der Waals surface area (Å²) >= 11 is 5.10. The van der Waals surface area contributed by atoms with Gasteiger partial charge in [0, 0.05) is 10.2 Å². The smallest absolute Gasteiger partial charge is 0.166 e. The van der Waals surface area contributed by atoms with Crippen molar-refractivity contribution in [3.63, 3.8) is 0 Å². The van der Waals surface area contributed by atoms with Crippen LogP contribution in [0.3, 0.4) is 0 Å².